The Morgan fingerprint density at radius 2 is 0.929 bits per heavy atom. The number of rotatable bonds is 34. The van der Waals surface area contributed by atoms with Crippen LogP contribution in [0.25, 0.3) is 0 Å². The van der Waals surface area contributed by atoms with Crippen molar-refractivity contribution in [1.82, 2.24) is 0 Å². The highest BCUT2D eigenvalue weighted by Crippen LogP contribution is 2.15. The molecule has 0 heterocycles. The molecule has 0 aliphatic carbocycles. The number of unbranched alkanes of at least 4 members (excludes halogenated alkanes) is 23. The standard InChI is InChI=1S/C34H66NO6P/c1-2-3-4-5-6-7-8-12-16-19-22-25-28-34(37)41-32(31-40-42-38)30-39-33(36)27-24-21-18-15-13-10-9-11-14-17-20-23-26-29-35/h32H,2-31,35H2,1H3/t32-/m1/s1. The summed E-state index contributed by atoms with van der Waals surface area (Å²) in [7, 11) is -0.483. The molecule has 8 heteroatoms. The molecule has 0 unspecified atom stereocenters. The number of nitrogens with two attached hydrogens (primary N) is 1. The van der Waals surface area contributed by atoms with Gasteiger partial charge in [0.05, 0.1) is 0 Å². The van der Waals surface area contributed by atoms with Gasteiger partial charge in [-0.1, -0.05) is 148 Å². The Morgan fingerprint density at radius 3 is 1.33 bits per heavy atom. The van der Waals surface area contributed by atoms with Crippen molar-refractivity contribution in [3.05, 3.63) is 0 Å². The molecule has 0 amide bonds. The summed E-state index contributed by atoms with van der Waals surface area (Å²) in [5, 5.41) is 0. The van der Waals surface area contributed by atoms with Crippen LogP contribution < -0.4 is 5.73 Å². The summed E-state index contributed by atoms with van der Waals surface area (Å²) < 4.78 is 26.4. The van der Waals surface area contributed by atoms with Gasteiger partial charge in [0, 0.05) is 12.8 Å². The molecular weight excluding hydrogens is 549 g/mol. The first-order chi connectivity index (χ1) is 20.6. The van der Waals surface area contributed by atoms with Gasteiger partial charge in [0.1, 0.15) is 13.2 Å². The van der Waals surface area contributed by atoms with Crippen LogP contribution in [0.1, 0.15) is 180 Å². The molecule has 2 N–H and O–H groups in total. The molecule has 0 rings (SSSR count). The predicted molar refractivity (Wildman–Crippen MR) is 174 cm³/mol. The van der Waals surface area contributed by atoms with Crippen molar-refractivity contribution in [2.45, 2.75) is 186 Å². The molecular formula is C34H66NO6P. The maximum atomic E-state index is 12.3. The SMILES string of the molecule is CCCCCCCCCCCCCCC(=O)O[C@@H](COP=O)COC(=O)CCCCCCCCCCCCCCCN. The Hall–Kier alpha value is -1.04. The van der Waals surface area contributed by atoms with Crippen LogP contribution in [-0.4, -0.2) is 37.8 Å². The normalized spacial score (nSPS) is 12.0. The zero-order valence-electron chi connectivity index (χ0n) is 27.3. The summed E-state index contributed by atoms with van der Waals surface area (Å²) in [4.78, 5) is 24.4. The molecule has 248 valence electrons. The second-order valence-corrected chi connectivity index (χ2v) is 12.3. The summed E-state index contributed by atoms with van der Waals surface area (Å²) in [6.45, 7) is 2.94. The fraction of sp³-hybridized carbons (Fsp3) is 0.941. The molecule has 0 aromatic heterocycles. The average molecular weight is 616 g/mol. The molecule has 0 spiro atoms. The first kappa shape index (κ1) is 41.0. The molecule has 0 aromatic carbocycles. The number of hydrogen-bond donors (Lipinski definition) is 1. The smallest absolute Gasteiger partial charge is 0.327 e. The van der Waals surface area contributed by atoms with Gasteiger partial charge < -0.3 is 15.2 Å². The van der Waals surface area contributed by atoms with Crippen LogP contribution in [0.3, 0.4) is 0 Å². The van der Waals surface area contributed by atoms with E-state index < -0.39 is 14.8 Å². The molecule has 0 radical (unpaired) electrons. The average Bonchev–Trinajstić information content (AvgIpc) is 2.99. The van der Waals surface area contributed by atoms with Crippen molar-refractivity contribution in [2.75, 3.05) is 19.8 Å². The Balaban J connectivity index is 3.73. The number of esters is 2. The van der Waals surface area contributed by atoms with Gasteiger partial charge in [0.15, 0.2) is 6.10 Å². The topological polar surface area (TPSA) is 105 Å². The molecule has 0 saturated carbocycles. The lowest BCUT2D eigenvalue weighted by atomic mass is 10.0. The zero-order valence-corrected chi connectivity index (χ0v) is 28.2. The molecule has 0 aliphatic heterocycles. The highest BCUT2D eigenvalue weighted by molar-refractivity contribution is 7.17. The minimum absolute atomic E-state index is 0.0587. The minimum Gasteiger partial charge on any atom is -0.462 e. The van der Waals surface area contributed by atoms with E-state index in [9.17, 15) is 14.2 Å². The zero-order chi connectivity index (χ0) is 30.8. The Kier molecular flexibility index (Phi) is 33.6. The van der Waals surface area contributed by atoms with E-state index in [1.165, 1.54) is 116 Å². The maximum Gasteiger partial charge on any atom is 0.327 e. The van der Waals surface area contributed by atoms with E-state index in [1.54, 1.807) is 0 Å². The van der Waals surface area contributed by atoms with E-state index in [2.05, 4.69) is 6.92 Å². The molecule has 0 aromatic rings. The first-order valence-electron chi connectivity index (χ1n) is 17.6. The summed E-state index contributed by atoms with van der Waals surface area (Å²) in [6, 6.07) is 0. The number of carbonyl (C=O) groups is 2. The van der Waals surface area contributed by atoms with Gasteiger partial charge in [-0.2, -0.15) is 0 Å². The van der Waals surface area contributed by atoms with Gasteiger partial charge in [-0.15, -0.1) is 0 Å². The molecule has 0 aliphatic rings. The maximum absolute atomic E-state index is 12.3. The van der Waals surface area contributed by atoms with Crippen molar-refractivity contribution in [2.24, 2.45) is 5.73 Å². The predicted octanol–water partition coefficient (Wildman–Crippen LogP) is 10.2. The van der Waals surface area contributed by atoms with E-state index in [1.807, 2.05) is 0 Å². The van der Waals surface area contributed by atoms with Crippen LogP contribution >= 0.6 is 8.69 Å². The van der Waals surface area contributed by atoms with Gasteiger partial charge in [0.2, 0.25) is 0 Å². The molecule has 42 heavy (non-hydrogen) atoms. The lowest BCUT2D eigenvalue weighted by Crippen LogP contribution is -2.28. The molecule has 0 fully saturated rings. The fourth-order valence-corrected chi connectivity index (χ4v) is 5.43. The largest absolute Gasteiger partial charge is 0.462 e. The quantitative estimate of drug-likeness (QED) is 0.0436. The first-order valence-corrected chi connectivity index (χ1v) is 18.4. The van der Waals surface area contributed by atoms with Gasteiger partial charge >= 0.3 is 20.6 Å². The molecule has 1 atom stereocenters. The van der Waals surface area contributed by atoms with Crippen molar-refractivity contribution in [1.29, 1.82) is 0 Å². The monoisotopic (exact) mass is 615 g/mol. The Bertz CT molecular complexity index is 607. The Morgan fingerprint density at radius 1 is 0.548 bits per heavy atom. The lowest BCUT2D eigenvalue weighted by molar-refractivity contribution is -0.160. The van der Waals surface area contributed by atoms with Crippen molar-refractivity contribution < 1.29 is 28.2 Å². The van der Waals surface area contributed by atoms with Crippen LogP contribution in [0.2, 0.25) is 0 Å². The van der Waals surface area contributed by atoms with Gasteiger partial charge in [-0.3, -0.25) is 14.1 Å². The van der Waals surface area contributed by atoms with E-state index >= 15 is 0 Å². The molecule has 0 saturated heterocycles. The van der Waals surface area contributed by atoms with Gasteiger partial charge in [-0.05, 0) is 25.8 Å². The number of ether oxygens (including phenoxy) is 2. The minimum atomic E-state index is -0.730. The summed E-state index contributed by atoms with van der Waals surface area (Å²) in [6.07, 6.45) is 30.6. The van der Waals surface area contributed by atoms with Crippen molar-refractivity contribution in [3.63, 3.8) is 0 Å². The van der Waals surface area contributed by atoms with E-state index in [0.717, 1.165) is 51.5 Å². The molecule has 7 nitrogen and oxygen atoms in total. The van der Waals surface area contributed by atoms with Crippen molar-refractivity contribution in [3.8, 4) is 0 Å². The van der Waals surface area contributed by atoms with Crippen molar-refractivity contribution >= 4 is 20.6 Å². The summed E-state index contributed by atoms with van der Waals surface area (Å²) in [5.41, 5.74) is 5.52. The van der Waals surface area contributed by atoms with Crippen LogP contribution in [0.15, 0.2) is 0 Å². The van der Waals surface area contributed by atoms with E-state index in [0.29, 0.717) is 12.8 Å². The fourth-order valence-electron chi connectivity index (χ4n) is 5.20. The third kappa shape index (κ3) is 31.9. The van der Waals surface area contributed by atoms with E-state index in [4.69, 9.17) is 19.7 Å². The third-order valence-electron chi connectivity index (χ3n) is 7.86. The summed E-state index contributed by atoms with van der Waals surface area (Å²) >= 11 is 0. The second-order valence-electron chi connectivity index (χ2n) is 11.9. The number of carbonyl (C=O) groups excluding carboxylic acids is 2. The van der Waals surface area contributed by atoms with E-state index in [-0.39, 0.29) is 25.2 Å². The second kappa shape index (κ2) is 34.5. The Labute approximate surface area is 260 Å². The van der Waals surface area contributed by atoms with Crippen LogP contribution in [0, 0.1) is 0 Å². The number of hydrogen-bond acceptors (Lipinski definition) is 7. The van der Waals surface area contributed by atoms with Crippen LogP contribution in [-0.2, 0) is 28.2 Å². The van der Waals surface area contributed by atoms with Gasteiger partial charge in [0.25, 0.3) is 0 Å². The lowest BCUT2D eigenvalue weighted by Gasteiger charge is -2.16. The summed E-state index contributed by atoms with van der Waals surface area (Å²) in [5.74, 6) is -0.611. The highest BCUT2D eigenvalue weighted by Gasteiger charge is 2.17. The molecule has 0 bridgehead atoms. The third-order valence-corrected chi connectivity index (χ3v) is 8.12. The van der Waals surface area contributed by atoms with Gasteiger partial charge in [-0.25, -0.2) is 4.57 Å². The van der Waals surface area contributed by atoms with Crippen LogP contribution in [0.4, 0.5) is 0 Å². The highest BCUT2D eigenvalue weighted by atomic mass is 31.1. The van der Waals surface area contributed by atoms with Crippen LogP contribution in [0.5, 0.6) is 0 Å².